The molecule has 0 aliphatic carbocycles. The van der Waals surface area contributed by atoms with Crippen molar-refractivity contribution >= 4 is 44.6 Å². The second-order valence-electron chi connectivity index (χ2n) is 5.87. The predicted octanol–water partition coefficient (Wildman–Crippen LogP) is 5.12. The van der Waals surface area contributed by atoms with Crippen molar-refractivity contribution in [3.63, 3.8) is 0 Å². The minimum atomic E-state index is 0.564. The summed E-state index contributed by atoms with van der Waals surface area (Å²) >= 11 is 8.78. The Morgan fingerprint density at radius 3 is 2.08 bits per heavy atom. The summed E-state index contributed by atoms with van der Waals surface area (Å²) < 4.78 is 3.05. The Labute approximate surface area is 161 Å². The van der Waals surface area contributed by atoms with Crippen LogP contribution in [-0.2, 0) is 6.54 Å². The summed E-state index contributed by atoms with van der Waals surface area (Å²) in [5.74, 6) is 0. The molecule has 0 saturated heterocycles. The quantitative estimate of drug-likeness (QED) is 0.581. The molecule has 0 atom stereocenters. The van der Waals surface area contributed by atoms with E-state index in [1.807, 2.05) is 48.0 Å². The van der Waals surface area contributed by atoms with Crippen molar-refractivity contribution in [1.82, 2.24) is 9.78 Å². The van der Waals surface area contributed by atoms with E-state index < -0.39 is 0 Å². The summed E-state index contributed by atoms with van der Waals surface area (Å²) in [5.41, 5.74) is 5.30. The number of halogens is 1. The molecule has 1 heterocycles. The Kier molecular flexibility index (Phi) is 5.50. The third kappa shape index (κ3) is 4.90. The van der Waals surface area contributed by atoms with Gasteiger partial charge in [-0.3, -0.25) is 4.68 Å². The molecule has 3 rings (SSSR count). The van der Waals surface area contributed by atoms with Gasteiger partial charge < -0.3 is 10.6 Å². The van der Waals surface area contributed by atoms with Crippen molar-refractivity contribution < 1.29 is 0 Å². The van der Waals surface area contributed by atoms with Gasteiger partial charge in [-0.25, -0.2) is 0 Å². The van der Waals surface area contributed by atoms with Crippen LogP contribution in [0.25, 0.3) is 0 Å². The fourth-order valence-corrected chi connectivity index (χ4v) is 3.03. The van der Waals surface area contributed by atoms with E-state index in [1.54, 1.807) is 0 Å². The Morgan fingerprint density at radius 1 is 1.00 bits per heavy atom. The third-order valence-electron chi connectivity index (χ3n) is 3.75. The number of nitrogens with zero attached hydrogens (tertiary/aromatic N) is 2. The van der Waals surface area contributed by atoms with Crippen LogP contribution in [0, 0.1) is 13.8 Å². The van der Waals surface area contributed by atoms with Gasteiger partial charge in [0.2, 0.25) is 0 Å². The number of hydrogen-bond donors (Lipinski definition) is 2. The summed E-state index contributed by atoms with van der Waals surface area (Å²) in [6, 6.07) is 18.2. The number of nitrogens with one attached hydrogen (secondary N) is 2. The summed E-state index contributed by atoms with van der Waals surface area (Å²) in [7, 11) is 0. The molecule has 2 N–H and O–H groups in total. The number of rotatable bonds is 4. The molecule has 3 aromatic rings. The Morgan fingerprint density at radius 2 is 1.56 bits per heavy atom. The van der Waals surface area contributed by atoms with Gasteiger partial charge in [0.05, 0.1) is 12.2 Å². The number of thiocarbonyl (C=S) groups is 1. The lowest BCUT2D eigenvalue weighted by molar-refractivity contribution is 0.659. The zero-order chi connectivity index (χ0) is 17.8. The number of aromatic nitrogens is 2. The van der Waals surface area contributed by atoms with Crippen LogP contribution in [0.3, 0.4) is 0 Å². The van der Waals surface area contributed by atoms with Crippen LogP contribution < -0.4 is 10.6 Å². The van der Waals surface area contributed by atoms with Crippen LogP contribution in [0.5, 0.6) is 0 Å². The van der Waals surface area contributed by atoms with Crippen LogP contribution in [-0.4, -0.2) is 14.9 Å². The van der Waals surface area contributed by atoms with E-state index in [2.05, 4.69) is 56.8 Å². The van der Waals surface area contributed by atoms with Gasteiger partial charge >= 0.3 is 0 Å². The van der Waals surface area contributed by atoms with Crippen molar-refractivity contribution in [2.24, 2.45) is 0 Å². The van der Waals surface area contributed by atoms with Gasteiger partial charge in [0.1, 0.15) is 0 Å². The Bertz CT molecular complexity index is 869. The molecular formula is C19H19BrN4S. The van der Waals surface area contributed by atoms with E-state index in [-0.39, 0.29) is 0 Å². The van der Waals surface area contributed by atoms with E-state index >= 15 is 0 Å². The molecule has 4 nitrogen and oxygen atoms in total. The average molecular weight is 415 g/mol. The maximum absolute atomic E-state index is 5.36. The summed E-state index contributed by atoms with van der Waals surface area (Å²) in [6.07, 6.45) is 0. The number of aryl methyl sites for hydroxylation is 2. The summed E-state index contributed by atoms with van der Waals surface area (Å²) in [6.45, 7) is 4.85. The molecule has 0 bridgehead atoms. The van der Waals surface area contributed by atoms with Gasteiger partial charge in [0, 0.05) is 21.5 Å². The highest BCUT2D eigenvalue weighted by Gasteiger charge is 2.03. The molecule has 25 heavy (non-hydrogen) atoms. The molecule has 0 amide bonds. The van der Waals surface area contributed by atoms with Gasteiger partial charge in [-0.05, 0) is 74.1 Å². The fraction of sp³-hybridized carbons (Fsp3) is 0.158. The van der Waals surface area contributed by atoms with Crippen molar-refractivity contribution in [2.45, 2.75) is 20.4 Å². The first-order valence-corrected chi connectivity index (χ1v) is 9.13. The highest BCUT2D eigenvalue weighted by Crippen LogP contribution is 2.16. The van der Waals surface area contributed by atoms with Crippen LogP contribution in [0.15, 0.2) is 59.1 Å². The monoisotopic (exact) mass is 414 g/mol. The molecule has 0 saturated carbocycles. The van der Waals surface area contributed by atoms with Crippen LogP contribution in [0.4, 0.5) is 11.4 Å². The highest BCUT2D eigenvalue weighted by atomic mass is 79.9. The smallest absolute Gasteiger partial charge is 0.175 e. The molecule has 0 spiro atoms. The topological polar surface area (TPSA) is 41.9 Å². The minimum Gasteiger partial charge on any atom is -0.332 e. The van der Waals surface area contributed by atoms with Crippen molar-refractivity contribution in [3.8, 4) is 0 Å². The molecule has 1 aromatic heterocycles. The predicted molar refractivity (Wildman–Crippen MR) is 111 cm³/mol. The van der Waals surface area contributed by atoms with E-state index in [0.29, 0.717) is 5.11 Å². The van der Waals surface area contributed by atoms with E-state index in [9.17, 15) is 0 Å². The van der Waals surface area contributed by atoms with Gasteiger partial charge in [0.25, 0.3) is 0 Å². The average Bonchev–Trinajstić information content (AvgIpc) is 2.89. The molecule has 0 aliphatic rings. The molecule has 0 unspecified atom stereocenters. The molecular weight excluding hydrogens is 396 g/mol. The maximum atomic E-state index is 5.36. The number of benzene rings is 2. The first-order valence-electron chi connectivity index (χ1n) is 7.93. The zero-order valence-electron chi connectivity index (χ0n) is 14.1. The number of hydrogen-bond acceptors (Lipinski definition) is 2. The van der Waals surface area contributed by atoms with E-state index in [4.69, 9.17) is 12.2 Å². The van der Waals surface area contributed by atoms with Crippen molar-refractivity contribution in [2.75, 3.05) is 10.6 Å². The van der Waals surface area contributed by atoms with Crippen LogP contribution >= 0.6 is 28.1 Å². The molecule has 0 fully saturated rings. The molecule has 0 aliphatic heterocycles. The first-order chi connectivity index (χ1) is 12.0. The van der Waals surface area contributed by atoms with Gasteiger partial charge in [0.15, 0.2) is 5.11 Å². The van der Waals surface area contributed by atoms with Crippen molar-refractivity contribution in [3.05, 3.63) is 76.0 Å². The Hall–Kier alpha value is -2.18. The SMILES string of the molecule is Cc1cc(C)n(Cc2ccc(NC(=S)Nc3ccc(Br)cc3)cc2)n1. The molecule has 6 heteroatoms. The van der Waals surface area contributed by atoms with Gasteiger partial charge in [-0.15, -0.1) is 0 Å². The zero-order valence-corrected chi connectivity index (χ0v) is 16.5. The van der Waals surface area contributed by atoms with Crippen LogP contribution in [0.2, 0.25) is 0 Å². The summed E-state index contributed by atoms with van der Waals surface area (Å²) in [4.78, 5) is 0. The lowest BCUT2D eigenvalue weighted by atomic mass is 10.2. The fourth-order valence-electron chi connectivity index (χ4n) is 2.53. The minimum absolute atomic E-state index is 0.564. The second kappa shape index (κ2) is 7.80. The maximum Gasteiger partial charge on any atom is 0.175 e. The Balaban J connectivity index is 1.59. The molecule has 128 valence electrons. The standard InChI is InChI=1S/C19H19BrN4S/c1-13-11-14(2)24(23-13)12-15-3-7-17(8-4-15)21-19(25)22-18-9-5-16(20)6-10-18/h3-11H,12H2,1-2H3,(H2,21,22,25). The van der Waals surface area contributed by atoms with Gasteiger partial charge in [-0.1, -0.05) is 28.1 Å². The first kappa shape index (κ1) is 17.6. The second-order valence-corrected chi connectivity index (χ2v) is 7.19. The summed E-state index contributed by atoms with van der Waals surface area (Å²) in [5, 5.41) is 11.4. The molecule has 2 aromatic carbocycles. The van der Waals surface area contributed by atoms with E-state index in [1.165, 1.54) is 11.3 Å². The lowest BCUT2D eigenvalue weighted by Crippen LogP contribution is -2.19. The molecule has 0 radical (unpaired) electrons. The van der Waals surface area contributed by atoms with Crippen LogP contribution in [0.1, 0.15) is 17.0 Å². The lowest BCUT2D eigenvalue weighted by Gasteiger charge is -2.11. The highest BCUT2D eigenvalue weighted by molar-refractivity contribution is 9.10. The van der Waals surface area contributed by atoms with Gasteiger partial charge in [-0.2, -0.15) is 5.10 Å². The van der Waals surface area contributed by atoms with Crippen molar-refractivity contribution in [1.29, 1.82) is 0 Å². The largest absolute Gasteiger partial charge is 0.332 e. The number of anilines is 2. The third-order valence-corrected chi connectivity index (χ3v) is 4.48. The normalized spacial score (nSPS) is 10.5. The van der Waals surface area contributed by atoms with E-state index in [0.717, 1.165) is 28.1 Å².